The van der Waals surface area contributed by atoms with E-state index in [2.05, 4.69) is 75.8 Å². The maximum absolute atomic E-state index is 12.8. The number of rotatable bonds is 6. The fourth-order valence-electron chi connectivity index (χ4n) is 7.42. The van der Waals surface area contributed by atoms with Gasteiger partial charge in [0.2, 0.25) is 0 Å². The molecule has 0 spiro atoms. The number of hydrogen-bond donors (Lipinski definition) is 1. The number of aliphatic hydroxyl groups is 1. The van der Waals surface area contributed by atoms with Gasteiger partial charge in [-0.2, -0.15) is 15.8 Å². The molecule has 0 atom stereocenters. The smallest absolute Gasteiger partial charge is 0.405 e. The van der Waals surface area contributed by atoms with E-state index in [1.807, 2.05) is 114 Å². The minimum absolute atomic E-state index is 0.00444. The van der Waals surface area contributed by atoms with Crippen molar-refractivity contribution in [1.82, 2.24) is 9.97 Å². The molecule has 1 N–H and O–H groups in total. The molecule has 0 amide bonds. The molecule has 8 rings (SSSR count). The third kappa shape index (κ3) is 16.9. The first-order chi connectivity index (χ1) is 35.6. The van der Waals surface area contributed by atoms with Crippen molar-refractivity contribution in [3.63, 3.8) is 0 Å². The fourth-order valence-corrected chi connectivity index (χ4v) is 7.42. The van der Waals surface area contributed by atoms with Crippen LogP contribution in [0.15, 0.2) is 103 Å². The van der Waals surface area contributed by atoms with Crippen LogP contribution in [-0.2, 0) is 58.7 Å². The molecule has 17 heteroatoms. The molecule has 0 saturated carbocycles. The van der Waals surface area contributed by atoms with E-state index in [0.717, 1.165) is 17.0 Å². The predicted octanol–water partition coefficient (Wildman–Crippen LogP) is 12.4. The number of hydrogen-bond acceptors (Lipinski definition) is 12. The minimum Gasteiger partial charge on any atom is -0.405 e. The van der Waals surface area contributed by atoms with Gasteiger partial charge in [-0.05, 0) is 176 Å². The zero-order valence-electron chi connectivity index (χ0n) is 48.6. The number of pyridine rings is 2. The van der Waals surface area contributed by atoms with Crippen LogP contribution in [0.25, 0.3) is 11.4 Å². The van der Waals surface area contributed by atoms with E-state index >= 15 is 0 Å². The molecule has 2 aromatic heterocycles. The highest BCUT2D eigenvalue weighted by molar-refractivity contribution is 7.11. The van der Waals surface area contributed by atoms with E-state index in [1.165, 1.54) is 17.2 Å². The Hall–Kier alpha value is -5.80. The summed E-state index contributed by atoms with van der Waals surface area (Å²) in [7, 11) is -1.52. The number of halogens is 2. The zero-order chi connectivity index (χ0) is 58.0. The Morgan fingerprint density at radius 1 is 0.468 bits per heavy atom. The molecule has 3 aliphatic heterocycles. The molecule has 77 heavy (non-hydrogen) atoms. The molecule has 3 saturated heterocycles. The molecule has 0 bridgehead atoms. The fraction of sp³-hybridized carbons (Fsp3) is 0.483. The summed E-state index contributed by atoms with van der Waals surface area (Å²) in [4.78, 5) is 9.09. The normalized spacial score (nSPS) is 18.0. The lowest BCUT2D eigenvalue weighted by molar-refractivity contribution is 0.00578. The maximum atomic E-state index is 12.8. The lowest BCUT2D eigenvalue weighted by atomic mass is 9.49. The lowest BCUT2D eigenvalue weighted by Gasteiger charge is -2.32. The molecule has 12 nitrogen and oxygen atoms in total. The summed E-state index contributed by atoms with van der Waals surface area (Å²) < 4.78 is 60.4. The second-order valence-corrected chi connectivity index (χ2v) is 24.3. The molecule has 3 aliphatic rings. The standard InChI is InChI=1S/C18H24N2.C14H17BFNO2.C12H24B2O4.C8H6FN.C8H7NO/c1-17(2,3)13-7-9-15(19-11-13)16-10-8-14(12-20-16)18(4,5)6;1-13(2)14(3,4)19-15(18-13)12-6-10(8-16)5-11(7-12)9-17;1-9(2)10(3,4)16-13(15-9)14-17-11(5,6)12(7,8)18-14;2*9-5-7-2-1-3-8(4-7)6-10/h7-12H,1-6H3;5-7H,8H2,1-4H3;1-8H3;1-4H,5H2;1-4,10H,6H2. The molecule has 3 aromatic carbocycles. The second-order valence-electron chi connectivity index (χ2n) is 24.3. The summed E-state index contributed by atoms with van der Waals surface area (Å²) in [5, 5.41) is 34.4. The van der Waals surface area contributed by atoms with Crippen LogP contribution in [0.1, 0.15) is 169 Å². The van der Waals surface area contributed by atoms with Crippen molar-refractivity contribution in [2.24, 2.45) is 0 Å². The summed E-state index contributed by atoms with van der Waals surface area (Å²) in [6.07, 6.45) is 3.91. The van der Waals surface area contributed by atoms with Crippen molar-refractivity contribution in [3.05, 3.63) is 148 Å². The van der Waals surface area contributed by atoms with Crippen LogP contribution in [0.3, 0.4) is 0 Å². The van der Waals surface area contributed by atoms with Gasteiger partial charge in [0, 0.05) is 12.4 Å². The summed E-state index contributed by atoms with van der Waals surface area (Å²) in [5.41, 5.74) is 6.27. The van der Waals surface area contributed by atoms with Crippen LogP contribution < -0.4 is 5.46 Å². The molecule has 0 aliphatic carbocycles. The monoisotopic (exact) mass is 1050 g/mol. The van der Waals surface area contributed by atoms with Crippen molar-refractivity contribution in [2.75, 3.05) is 0 Å². The van der Waals surface area contributed by atoms with Crippen LogP contribution in [0, 0.1) is 34.0 Å². The van der Waals surface area contributed by atoms with Crippen molar-refractivity contribution in [2.45, 2.75) is 189 Å². The Balaban J connectivity index is 0.000000213. The first-order valence-corrected chi connectivity index (χ1v) is 25.8. The van der Waals surface area contributed by atoms with Crippen LogP contribution in [0.4, 0.5) is 8.78 Å². The van der Waals surface area contributed by atoms with Gasteiger partial charge >= 0.3 is 21.1 Å². The number of nitrogens with zero attached hydrogens (tertiary/aromatic N) is 5. The van der Waals surface area contributed by atoms with Crippen molar-refractivity contribution < 1.29 is 41.8 Å². The third-order valence-corrected chi connectivity index (χ3v) is 14.6. The average molecular weight is 1050 g/mol. The topological polar surface area (TPSA) is 173 Å². The van der Waals surface area contributed by atoms with E-state index < -0.39 is 45.7 Å². The van der Waals surface area contributed by atoms with E-state index in [-0.39, 0.29) is 39.8 Å². The molecule has 5 heterocycles. The second kappa shape index (κ2) is 25.3. The minimum atomic E-state index is -0.609. The van der Waals surface area contributed by atoms with Gasteiger partial charge in [-0.15, -0.1) is 0 Å². The molecule has 5 aromatic rings. The summed E-state index contributed by atoms with van der Waals surface area (Å²) in [5.74, 6) is 0. The van der Waals surface area contributed by atoms with Gasteiger partial charge in [0.05, 0.1) is 86.5 Å². The van der Waals surface area contributed by atoms with Gasteiger partial charge in [-0.25, -0.2) is 8.78 Å². The first-order valence-electron chi connectivity index (χ1n) is 25.8. The molecule has 408 valence electrons. The van der Waals surface area contributed by atoms with E-state index in [1.54, 1.807) is 60.7 Å². The summed E-state index contributed by atoms with van der Waals surface area (Å²) >= 11 is 0. The third-order valence-electron chi connectivity index (χ3n) is 14.6. The molecule has 0 unspecified atom stereocenters. The van der Waals surface area contributed by atoms with Crippen LogP contribution in [0.2, 0.25) is 0 Å². The highest BCUT2D eigenvalue weighted by Crippen LogP contribution is 2.43. The van der Waals surface area contributed by atoms with Gasteiger partial charge in [-0.3, -0.25) is 9.97 Å². The van der Waals surface area contributed by atoms with Crippen LogP contribution >= 0.6 is 0 Å². The Bertz CT molecular complexity index is 2690. The maximum Gasteiger partial charge on any atom is 0.494 e. The Morgan fingerprint density at radius 3 is 1.14 bits per heavy atom. The summed E-state index contributed by atoms with van der Waals surface area (Å²) in [6.45, 7) is 36.1. The molecule has 0 radical (unpaired) electrons. The lowest BCUT2D eigenvalue weighted by Crippen LogP contribution is -2.41. The van der Waals surface area contributed by atoms with Gasteiger partial charge < -0.3 is 33.0 Å². The van der Waals surface area contributed by atoms with E-state index in [4.69, 9.17) is 48.8 Å². The molecule has 3 fully saturated rings. The van der Waals surface area contributed by atoms with Crippen LogP contribution in [0.5, 0.6) is 0 Å². The van der Waals surface area contributed by atoms with E-state index in [0.29, 0.717) is 33.3 Å². The number of nitriles is 3. The Morgan fingerprint density at radius 2 is 0.818 bits per heavy atom. The highest BCUT2D eigenvalue weighted by atomic mass is 19.1. The average Bonchev–Trinajstić information content (AvgIpc) is 3.85. The van der Waals surface area contributed by atoms with Gasteiger partial charge in [0.15, 0.2) is 0 Å². The van der Waals surface area contributed by atoms with Gasteiger partial charge in [0.1, 0.15) is 13.3 Å². The van der Waals surface area contributed by atoms with Crippen molar-refractivity contribution >= 4 is 26.6 Å². The zero-order valence-corrected chi connectivity index (χ0v) is 48.6. The predicted molar refractivity (Wildman–Crippen MR) is 302 cm³/mol. The quantitative estimate of drug-likeness (QED) is 0.160. The molecular formula is C60H78B3F2N5O7. The SMILES string of the molecule is CC(C)(C)c1ccc(-c2ccc(C(C)(C)C)cn2)nc1.CC1(C)OB(B2OC(C)(C)C(C)(C)O2)OC1(C)C.CC1(C)OB(c2cc(C#N)cc(CF)c2)OC1(C)C.N#Cc1cccc(CF)c1.N#Cc1cccc(CO)c1. The van der Waals surface area contributed by atoms with Crippen molar-refractivity contribution in [1.29, 1.82) is 15.8 Å². The largest absolute Gasteiger partial charge is 0.494 e. The Labute approximate surface area is 458 Å². The number of aromatic nitrogens is 2. The molecular weight excluding hydrogens is 973 g/mol. The van der Waals surface area contributed by atoms with E-state index in [9.17, 15) is 8.78 Å². The number of aliphatic hydroxyl groups excluding tert-OH is 1. The van der Waals surface area contributed by atoms with Crippen LogP contribution in [-0.4, -0.2) is 69.8 Å². The highest BCUT2D eigenvalue weighted by Gasteiger charge is 2.63. The van der Waals surface area contributed by atoms with Gasteiger partial charge in [0.25, 0.3) is 0 Å². The Kier molecular flexibility index (Phi) is 21.0. The van der Waals surface area contributed by atoms with Gasteiger partial charge in [-0.1, -0.05) is 84.0 Å². The summed E-state index contributed by atoms with van der Waals surface area (Å²) in [6, 6.07) is 32.7. The number of alkyl halides is 2. The first kappa shape index (κ1) is 63.7. The number of benzene rings is 3. The van der Waals surface area contributed by atoms with Crippen molar-refractivity contribution in [3.8, 4) is 29.6 Å².